The molecule has 0 heteroatoms. The van der Waals surface area contributed by atoms with Crippen LogP contribution < -0.4 is 0 Å². The molecule has 0 heterocycles. The van der Waals surface area contributed by atoms with Crippen LogP contribution in [0.1, 0.15) is 49.9 Å². The maximum absolute atomic E-state index is 2.47. The van der Waals surface area contributed by atoms with E-state index in [-0.39, 0.29) is 10.8 Å². The van der Waals surface area contributed by atoms with E-state index >= 15 is 0 Å². The third-order valence-corrected chi connectivity index (χ3v) is 12.9. The Kier molecular flexibility index (Phi) is 6.46. The highest BCUT2D eigenvalue weighted by Gasteiger charge is 2.37. The lowest BCUT2D eigenvalue weighted by atomic mass is 9.80. The Balaban J connectivity index is 1.05. The predicted molar refractivity (Wildman–Crippen MR) is 230 cm³/mol. The van der Waals surface area contributed by atoms with Crippen molar-refractivity contribution in [2.75, 3.05) is 0 Å². The summed E-state index contributed by atoms with van der Waals surface area (Å²) in [5.74, 6) is 0. The van der Waals surface area contributed by atoms with Gasteiger partial charge in [-0.05, 0) is 122 Å². The summed E-state index contributed by atoms with van der Waals surface area (Å²) in [6.07, 6.45) is 0. The standard InChI is InChI=1S/C54H40/c1-53(2)47-29-27-36(31-45(47)52-38-14-6-5-13-34(38)26-30-48(52)53)33-21-23-35(24-22-33)50-41-16-7-9-18-43(41)51(44-19-10-8-17-42(44)50)37-25-28-40-39-15-11-12-20-46(39)54(3,4)49(40)32-37/h5-32H,1-4H3. The summed E-state index contributed by atoms with van der Waals surface area (Å²) < 4.78 is 0. The molecule has 2 aliphatic rings. The van der Waals surface area contributed by atoms with Gasteiger partial charge in [0.1, 0.15) is 0 Å². The van der Waals surface area contributed by atoms with E-state index in [0.717, 1.165) is 0 Å². The summed E-state index contributed by atoms with van der Waals surface area (Å²) >= 11 is 0. The van der Waals surface area contributed by atoms with E-state index in [2.05, 4.69) is 198 Å². The van der Waals surface area contributed by atoms with Crippen molar-refractivity contribution in [2.24, 2.45) is 0 Å². The van der Waals surface area contributed by atoms with Crippen LogP contribution in [0, 0.1) is 0 Å². The second kappa shape index (κ2) is 11.1. The first kappa shape index (κ1) is 31.3. The van der Waals surface area contributed by atoms with Crippen LogP contribution in [-0.2, 0) is 10.8 Å². The molecule has 0 radical (unpaired) electrons. The molecular formula is C54H40. The summed E-state index contributed by atoms with van der Waals surface area (Å²) in [7, 11) is 0. The van der Waals surface area contributed by atoms with Gasteiger partial charge in [0.15, 0.2) is 0 Å². The molecule has 0 N–H and O–H groups in total. The van der Waals surface area contributed by atoms with Gasteiger partial charge in [0, 0.05) is 10.8 Å². The van der Waals surface area contributed by atoms with E-state index in [0.29, 0.717) is 0 Å². The minimum Gasteiger partial charge on any atom is -0.0619 e. The predicted octanol–water partition coefficient (Wildman–Crippen LogP) is 14.8. The quantitative estimate of drug-likeness (QED) is 0.162. The van der Waals surface area contributed by atoms with Gasteiger partial charge in [-0.25, -0.2) is 0 Å². The van der Waals surface area contributed by atoms with Crippen LogP contribution in [0.4, 0.5) is 0 Å². The number of fused-ring (bicyclic) bond motifs is 10. The van der Waals surface area contributed by atoms with Gasteiger partial charge in [0.25, 0.3) is 0 Å². The molecule has 0 aliphatic heterocycles. The van der Waals surface area contributed by atoms with Crippen LogP contribution in [0.3, 0.4) is 0 Å². The molecule has 0 bridgehead atoms. The molecule has 0 saturated heterocycles. The molecule has 2 aliphatic carbocycles. The minimum absolute atomic E-state index is 0.0354. The number of hydrogen-bond donors (Lipinski definition) is 0. The van der Waals surface area contributed by atoms with Crippen molar-refractivity contribution in [3.05, 3.63) is 192 Å². The first-order valence-electron chi connectivity index (χ1n) is 19.3. The number of rotatable bonds is 3. The highest BCUT2D eigenvalue weighted by atomic mass is 14.4. The molecule has 9 aromatic carbocycles. The van der Waals surface area contributed by atoms with Gasteiger partial charge in [-0.15, -0.1) is 0 Å². The van der Waals surface area contributed by atoms with E-state index in [1.54, 1.807) is 0 Å². The molecule has 0 aromatic heterocycles. The van der Waals surface area contributed by atoms with Crippen molar-refractivity contribution in [1.29, 1.82) is 0 Å². The van der Waals surface area contributed by atoms with Crippen molar-refractivity contribution in [2.45, 2.75) is 38.5 Å². The Morgan fingerprint density at radius 2 is 0.759 bits per heavy atom. The molecule has 0 nitrogen and oxygen atoms in total. The molecule has 0 spiro atoms. The van der Waals surface area contributed by atoms with E-state index in [4.69, 9.17) is 0 Å². The Morgan fingerprint density at radius 1 is 0.278 bits per heavy atom. The largest absolute Gasteiger partial charge is 0.0619 e. The van der Waals surface area contributed by atoms with Gasteiger partial charge in [-0.1, -0.05) is 185 Å². The fraction of sp³-hybridized carbons (Fsp3) is 0.111. The fourth-order valence-corrected chi connectivity index (χ4v) is 10.1. The zero-order chi connectivity index (χ0) is 36.3. The van der Waals surface area contributed by atoms with Gasteiger partial charge >= 0.3 is 0 Å². The van der Waals surface area contributed by atoms with Crippen LogP contribution >= 0.6 is 0 Å². The van der Waals surface area contributed by atoms with E-state index < -0.39 is 0 Å². The molecule has 0 amide bonds. The molecule has 0 fully saturated rings. The highest BCUT2D eigenvalue weighted by Crippen LogP contribution is 2.53. The lowest BCUT2D eigenvalue weighted by Crippen LogP contribution is -2.14. The van der Waals surface area contributed by atoms with Crippen molar-refractivity contribution >= 4 is 32.3 Å². The molecular weight excluding hydrogens is 649 g/mol. The fourth-order valence-electron chi connectivity index (χ4n) is 10.1. The van der Waals surface area contributed by atoms with Crippen LogP contribution in [0.5, 0.6) is 0 Å². The summed E-state index contributed by atoms with van der Waals surface area (Å²) in [6, 6.07) is 64.0. The van der Waals surface area contributed by atoms with Crippen LogP contribution in [-0.4, -0.2) is 0 Å². The maximum Gasteiger partial charge on any atom is 0.0159 e. The minimum atomic E-state index is -0.0541. The van der Waals surface area contributed by atoms with Gasteiger partial charge in [-0.2, -0.15) is 0 Å². The average Bonchev–Trinajstić information content (AvgIpc) is 3.59. The molecule has 0 saturated carbocycles. The normalized spacial score (nSPS) is 14.6. The Hall–Kier alpha value is -6.24. The van der Waals surface area contributed by atoms with Gasteiger partial charge in [0.05, 0.1) is 0 Å². The van der Waals surface area contributed by atoms with Crippen molar-refractivity contribution in [1.82, 2.24) is 0 Å². The van der Waals surface area contributed by atoms with E-state index in [1.165, 1.54) is 110 Å². The Bertz CT molecular complexity index is 2970. The maximum atomic E-state index is 2.47. The smallest absolute Gasteiger partial charge is 0.0159 e. The van der Waals surface area contributed by atoms with Crippen LogP contribution in [0.2, 0.25) is 0 Å². The molecule has 0 atom stereocenters. The van der Waals surface area contributed by atoms with Crippen molar-refractivity contribution < 1.29 is 0 Å². The first-order chi connectivity index (χ1) is 26.3. The summed E-state index contributed by atoms with van der Waals surface area (Å²) in [5.41, 5.74) is 18.6. The van der Waals surface area contributed by atoms with Crippen molar-refractivity contribution in [3.8, 4) is 55.6 Å². The van der Waals surface area contributed by atoms with E-state index in [9.17, 15) is 0 Å². The molecule has 256 valence electrons. The molecule has 0 unspecified atom stereocenters. The third-order valence-electron chi connectivity index (χ3n) is 12.9. The SMILES string of the molecule is CC1(C)c2ccccc2-c2ccc(-c3c4ccccc4c(-c4ccc(-c5ccc6c(c5)-c5c(ccc7ccccc57)C6(C)C)cc4)c4ccccc34)cc21. The van der Waals surface area contributed by atoms with E-state index in [1.807, 2.05) is 0 Å². The number of benzene rings is 9. The summed E-state index contributed by atoms with van der Waals surface area (Å²) in [6.45, 7) is 9.47. The molecule has 11 rings (SSSR count). The molecule has 54 heavy (non-hydrogen) atoms. The van der Waals surface area contributed by atoms with Crippen molar-refractivity contribution in [3.63, 3.8) is 0 Å². The van der Waals surface area contributed by atoms with Gasteiger partial charge in [0.2, 0.25) is 0 Å². The first-order valence-corrected chi connectivity index (χ1v) is 19.3. The summed E-state index contributed by atoms with van der Waals surface area (Å²) in [5, 5.41) is 7.78. The zero-order valence-electron chi connectivity index (χ0n) is 31.2. The lowest BCUT2D eigenvalue weighted by Gasteiger charge is -2.23. The van der Waals surface area contributed by atoms with Crippen LogP contribution in [0.25, 0.3) is 88.0 Å². The van der Waals surface area contributed by atoms with Crippen LogP contribution in [0.15, 0.2) is 170 Å². The zero-order valence-corrected chi connectivity index (χ0v) is 31.2. The highest BCUT2D eigenvalue weighted by molar-refractivity contribution is 6.21. The van der Waals surface area contributed by atoms with Gasteiger partial charge in [-0.3, -0.25) is 0 Å². The average molecular weight is 689 g/mol. The molecule has 9 aromatic rings. The number of hydrogen-bond acceptors (Lipinski definition) is 0. The third kappa shape index (κ3) is 4.26. The van der Waals surface area contributed by atoms with Gasteiger partial charge < -0.3 is 0 Å². The topological polar surface area (TPSA) is 0 Å². The second-order valence-corrected chi connectivity index (χ2v) is 16.4. The Morgan fingerprint density at radius 3 is 1.46 bits per heavy atom. The lowest BCUT2D eigenvalue weighted by molar-refractivity contribution is 0.660. The second-order valence-electron chi connectivity index (χ2n) is 16.4. The monoisotopic (exact) mass is 688 g/mol. The Labute approximate surface area is 317 Å². The summed E-state index contributed by atoms with van der Waals surface area (Å²) in [4.78, 5) is 0.